The molecular weight excluding hydrogens is 300 g/mol. The molecule has 3 heterocycles. The zero-order valence-electron chi connectivity index (χ0n) is 12.8. The zero-order chi connectivity index (χ0) is 16.6. The molecule has 3 aromatic heterocycles. The summed E-state index contributed by atoms with van der Waals surface area (Å²) in [5, 5.41) is 19.3. The van der Waals surface area contributed by atoms with Crippen molar-refractivity contribution in [3.05, 3.63) is 51.9 Å². The lowest BCUT2D eigenvalue weighted by Gasteiger charge is -2.08. The van der Waals surface area contributed by atoms with Crippen molar-refractivity contribution in [3.63, 3.8) is 0 Å². The van der Waals surface area contributed by atoms with Crippen LogP contribution in [0.15, 0.2) is 29.0 Å². The van der Waals surface area contributed by atoms with E-state index in [0.717, 1.165) is 5.56 Å². The number of hydrogen-bond acceptors (Lipinski definition) is 7. The molecule has 0 spiro atoms. The lowest BCUT2D eigenvalue weighted by Crippen LogP contribution is -2.11. The van der Waals surface area contributed by atoms with Crippen molar-refractivity contribution < 1.29 is 9.45 Å². The lowest BCUT2D eigenvalue weighted by atomic mass is 10.2. The Morgan fingerprint density at radius 1 is 1.30 bits per heavy atom. The van der Waals surface area contributed by atoms with Gasteiger partial charge < -0.3 is 4.52 Å². The fourth-order valence-electron chi connectivity index (χ4n) is 2.42. The average molecular weight is 314 g/mol. The molecule has 0 aromatic carbocycles. The summed E-state index contributed by atoms with van der Waals surface area (Å²) in [5.74, 6) is 0.766. The highest BCUT2D eigenvalue weighted by molar-refractivity contribution is 5.52. The first-order valence-electron chi connectivity index (χ1n) is 6.93. The molecule has 0 N–H and O–H groups in total. The van der Waals surface area contributed by atoms with Gasteiger partial charge in [0.25, 0.3) is 5.89 Å². The maximum atomic E-state index is 11.1. The van der Waals surface area contributed by atoms with Gasteiger partial charge in [0.2, 0.25) is 5.82 Å². The van der Waals surface area contributed by atoms with Crippen molar-refractivity contribution in [2.45, 2.75) is 26.8 Å². The van der Waals surface area contributed by atoms with E-state index in [0.29, 0.717) is 23.1 Å². The van der Waals surface area contributed by atoms with E-state index in [4.69, 9.17) is 4.52 Å². The first kappa shape index (κ1) is 14.8. The molecule has 0 amide bonds. The van der Waals surface area contributed by atoms with Gasteiger partial charge in [-0.15, -0.1) is 0 Å². The highest BCUT2D eigenvalue weighted by Crippen LogP contribution is 2.27. The second-order valence-corrected chi connectivity index (χ2v) is 5.09. The van der Waals surface area contributed by atoms with Crippen molar-refractivity contribution in [2.24, 2.45) is 0 Å². The molecule has 0 saturated heterocycles. The Bertz CT molecular complexity index is 855. The van der Waals surface area contributed by atoms with Gasteiger partial charge in [0.05, 0.1) is 4.92 Å². The Kier molecular flexibility index (Phi) is 3.61. The van der Waals surface area contributed by atoms with Crippen molar-refractivity contribution in [1.29, 1.82) is 0 Å². The summed E-state index contributed by atoms with van der Waals surface area (Å²) in [6, 6.07) is 3.13. The molecule has 0 aliphatic rings. The van der Waals surface area contributed by atoms with Crippen LogP contribution in [0, 0.1) is 24.0 Å². The molecule has 0 aliphatic carbocycles. The standard InChI is InChI=1S/C14H14N6O3/c1-8-12(20(21)22)9(2)19(17-8)10(3)14-16-13(18-23-14)11-4-6-15-7-5-11/h4-7,10H,1-3H3/t10-/m0/s1. The molecule has 3 rings (SSSR count). The third kappa shape index (κ3) is 2.56. The fraction of sp³-hybridized carbons (Fsp3) is 0.286. The van der Waals surface area contributed by atoms with Gasteiger partial charge in [-0.1, -0.05) is 5.16 Å². The van der Waals surface area contributed by atoms with E-state index < -0.39 is 11.0 Å². The number of rotatable bonds is 4. The van der Waals surface area contributed by atoms with E-state index in [2.05, 4.69) is 20.2 Å². The minimum atomic E-state index is -0.433. The van der Waals surface area contributed by atoms with Gasteiger partial charge >= 0.3 is 5.69 Å². The average Bonchev–Trinajstić information content (AvgIpc) is 3.12. The Morgan fingerprint density at radius 3 is 2.61 bits per heavy atom. The quantitative estimate of drug-likeness (QED) is 0.537. The summed E-state index contributed by atoms with van der Waals surface area (Å²) < 4.78 is 6.81. The van der Waals surface area contributed by atoms with E-state index in [1.165, 1.54) is 4.68 Å². The van der Waals surface area contributed by atoms with Gasteiger partial charge in [-0.2, -0.15) is 10.1 Å². The molecule has 0 saturated carbocycles. The summed E-state index contributed by atoms with van der Waals surface area (Å²) >= 11 is 0. The Hall–Kier alpha value is -3.10. The molecule has 3 aromatic rings. The van der Waals surface area contributed by atoms with Gasteiger partial charge in [-0.05, 0) is 32.9 Å². The van der Waals surface area contributed by atoms with Crippen LogP contribution < -0.4 is 0 Å². The topological polar surface area (TPSA) is 113 Å². The molecule has 23 heavy (non-hydrogen) atoms. The molecule has 0 unspecified atom stereocenters. The third-order valence-electron chi connectivity index (χ3n) is 3.57. The third-order valence-corrected chi connectivity index (χ3v) is 3.57. The number of aryl methyl sites for hydroxylation is 1. The van der Waals surface area contributed by atoms with Gasteiger partial charge in [-0.25, -0.2) is 0 Å². The first-order chi connectivity index (χ1) is 11.0. The molecule has 1 atom stereocenters. The first-order valence-corrected chi connectivity index (χ1v) is 6.93. The summed E-state index contributed by atoms with van der Waals surface area (Å²) in [7, 11) is 0. The Balaban J connectivity index is 1.96. The van der Waals surface area contributed by atoms with Crippen molar-refractivity contribution in [2.75, 3.05) is 0 Å². The smallest absolute Gasteiger partial charge is 0.312 e. The molecule has 0 fully saturated rings. The number of aromatic nitrogens is 5. The zero-order valence-corrected chi connectivity index (χ0v) is 12.8. The molecule has 118 valence electrons. The SMILES string of the molecule is Cc1nn([C@@H](C)c2nc(-c3ccncc3)no2)c(C)c1[N+](=O)[O-]. The number of pyridine rings is 1. The van der Waals surface area contributed by atoms with Gasteiger partial charge in [-0.3, -0.25) is 19.8 Å². The molecular formula is C14H14N6O3. The van der Waals surface area contributed by atoms with Gasteiger partial charge in [0.15, 0.2) is 0 Å². The van der Waals surface area contributed by atoms with E-state index >= 15 is 0 Å². The van der Waals surface area contributed by atoms with Crippen molar-refractivity contribution in [3.8, 4) is 11.4 Å². The van der Waals surface area contributed by atoms with Crippen LogP contribution in [-0.4, -0.2) is 29.8 Å². The second kappa shape index (κ2) is 5.59. The maximum Gasteiger partial charge on any atom is 0.312 e. The van der Waals surface area contributed by atoms with Crippen molar-refractivity contribution in [1.82, 2.24) is 24.9 Å². The summed E-state index contributed by atoms with van der Waals surface area (Å²) in [6.45, 7) is 5.05. The maximum absolute atomic E-state index is 11.1. The predicted molar refractivity (Wildman–Crippen MR) is 79.7 cm³/mol. The molecule has 9 nitrogen and oxygen atoms in total. The van der Waals surface area contributed by atoms with Crippen LogP contribution in [0.2, 0.25) is 0 Å². The Labute approximate surface area is 131 Å². The number of nitro groups is 1. The molecule has 0 aliphatic heterocycles. The second-order valence-electron chi connectivity index (χ2n) is 5.09. The van der Waals surface area contributed by atoms with Crippen LogP contribution in [0.25, 0.3) is 11.4 Å². The Morgan fingerprint density at radius 2 is 2.00 bits per heavy atom. The van der Waals surface area contributed by atoms with Crippen LogP contribution in [0.5, 0.6) is 0 Å². The largest absolute Gasteiger partial charge is 0.337 e. The van der Waals surface area contributed by atoms with Crippen molar-refractivity contribution >= 4 is 5.69 Å². The lowest BCUT2D eigenvalue weighted by molar-refractivity contribution is -0.386. The highest BCUT2D eigenvalue weighted by atomic mass is 16.6. The van der Waals surface area contributed by atoms with Crippen LogP contribution in [0.1, 0.15) is 30.2 Å². The van der Waals surface area contributed by atoms with Crippen LogP contribution in [-0.2, 0) is 0 Å². The minimum Gasteiger partial charge on any atom is -0.337 e. The van der Waals surface area contributed by atoms with E-state index in [9.17, 15) is 10.1 Å². The van der Waals surface area contributed by atoms with E-state index in [1.807, 2.05) is 0 Å². The number of hydrogen-bond donors (Lipinski definition) is 0. The van der Waals surface area contributed by atoms with Gasteiger partial charge in [0, 0.05) is 18.0 Å². The summed E-state index contributed by atoms with van der Waals surface area (Å²) in [6.07, 6.45) is 3.28. The van der Waals surface area contributed by atoms with Crippen LogP contribution >= 0.6 is 0 Å². The van der Waals surface area contributed by atoms with Crippen LogP contribution in [0.4, 0.5) is 5.69 Å². The van der Waals surface area contributed by atoms with Crippen LogP contribution in [0.3, 0.4) is 0 Å². The summed E-state index contributed by atoms with van der Waals surface area (Å²) in [5.41, 5.74) is 1.59. The minimum absolute atomic E-state index is 0.00530. The predicted octanol–water partition coefficient (Wildman–Crippen LogP) is 2.46. The monoisotopic (exact) mass is 314 g/mol. The van der Waals surface area contributed by atoms with Gasteiger partial charge in [0.1, 0.15) is 17.4 Å². The normalized spacial score (nSPS) is 12.3. The molecule has 0 bridgehead atoms. The molecule has 9 heteroatoms. The summed E-state index contributed by atoms with van der Waals surface area (Å²) in [4.78, 5) is 18.9. The fourth-order valence-corrected chi connectivity index (χ4v) is 2.42. The van der Waals surface area contributed by atoms with E-state index in [-0.39, 0.29) is 5.69 Å². The van der Waals surface area contributed by atoms with E-state index in [1.54, 1.807) is 45.3 Å². The highest BCUT2D eigenvalue weighted by Gasteiger charge is 2.27. The number of nitrogens with zero attached hydrogens (tertiary/aromatic N) is 6. The molecule has 0 radical (unpaired) electrons.